The van der Waals surface area contributed by atoms with Crippen LogP contribution < -0.4 is 4.90 Å². The fourth-order valence-corrected chi connectivity index (χ4v) is 4.96. The number of carbonyl (C=O) groups excluding carboxylic acids is 1. The van der Waals surface area contributed by atoms with Crippen molar-refractivity contribution in [2.24, 2.45) is 0 Å². The molecule has 35 heavy (non-hydrogen) atoms. The van der Waals surface area contributed by atoms with Gasteiger partial charge in [0.15, 0.2) is 0 Å². The highest BCUT2D eigenvalue weighted by Crippen LogP contribution is 2.40. The van der Waals surface area contributed by atoms with E-state index in [-0.39, 0.29) is 16.7 Å². The molecule has 4 heteroatoms. The molecule has 1 aromatic heterocycles. The second-order valence-electron chi connectivity index (χ2n) is 12.4. The second-order valence-corrected chi connectivity index (χ2v) is 12.4. The van der Waals surface area contributed by atoms with Crippen molar-refractivity contribution >= 4 is 22.5 Å². The quantitative estimate of drug-likeness (QED) is 0.430. The molecule has 0 atom stereocenters. The van der Waals surface area contributed by atoms with E-state index in [1.165, 1.54) is 29.7 Å². The van der Waals surface area contributed by atoms with Gasteiger partial charge in [-0.25, -0.2) is 0 Å². The van der Waals surface area contributed by atoms with Gasteiger partial charge in [0.2, 0.25) is 0 Å². The van der Waals surface area contributed by atoms with E-state index in [1.54, 1.807) is 0 Å². The lowest BCUT2D eigenvalue weighted by atomic mass is 9.80. The summed E-state index contributed by atoms with van der Waals surface area (Å²) in [6, 6.07) is 17.2. The van der Waals surface area contributed by atoms with Crippen LogP contribution in [-0.4, -0.2) is 42.0 Å². The van der Waals surface area contributed by atoms with Crippen LogP contribution in [0.15, 0.2) is 48.5 Å². The summed E-state index contributed by atoms with van der Waals surface area (Å²) in [5.74, 6) is 0.666. The highest BCUT2D eigenvalue weighted by atomic mass is 16.2. The fraction of sp³-hybridized carbons (Fsp3) is 0.484. The van der Waals surface area contributed by atoms with Crippen molar-refractivity contribution in [1.82, 2.24) is 9.88 Å². The average molecular weight is 470 g/mol. The van der Waals surface area contributed by atoms with Crippen molar-refractivity contribution < 1.29 is 4.79 Å². The van der Waals surface area contributed by atoms with Crippen molar-refractivity contribution in [1.29, 1.82) is 0 Å². The number of benzene rings is 2. The van der Waals surface area contributed by atoms with E-state index >= 15 is 0 Å². The number of rotatable bonds is 3. The molecular formula is C31H39N3O. The Morgan fingerprint density at radius 3 is 2.00 bits per heavy atom. The Balaban J connectivity index is 1.38. The third kappa shape index (κ3) is 4.94. The zero-order chi connectivity index (χ0) is 25.0. The lowest BCUT2D eigenvalue weighted by molar-refractivity contribution is 0.0748. The standard InChI is InChI=1S/C31H39N3O/c1-30(2,3)22-17-23(31(4,5)6)19-24(18-22)33-13-15-34(16-14-33)29(35)26-20-28(21-11-12-21)32-27-10-8-7-9-25(26)27/h7-10,17-21H,11-16H2,1-6H3. The Hall–Kier alpha value is -2.88. The predicted octanol–water partition coefficient (Wildman–Crippen LogP) is 6.67. The summed E-state index contributed by atoms with van der Waals surface area (Å²) in [6.45, 7) is 16.9. The molecule has 1 saturated heterocycles. The van der Waals surface area contributed by atoms with Gasteiger partial charge in [0, 0.05) is 48.9 Å². The number of fused-ring (bicyclic) bond motifs is 1. The highest BCUT2D eigenvalue weighted by molar-refractivity contribution is 6.06. The number of carbonyl (C=O) groups is 1. The molecule has 184 valence electrons. The molecule has 5 rings (SSSR count). The molecule has 0 N–H and O–H groups in total. The molecule has 2 aliphatic rings. The van der Waals surface area contributed by atoms with Crippen molar-refractivity contribution in [2.45, 2.75) is 71.1 Å². The molecule has 1 aliphatic carbocycles. The van der Waals surface area contributed by atoms with Gasteiger partial charge >= 0.3 is 0 Å². The second kappa shape index (κ2) is 8.65. The average Bonchev–Trinajstić information content (AvgIpc) is 3.67. The van der Waals surface area contributed by atoms with Crippen LogP contribution in [0.25, 0.3) is 10.9 Å². The minimum Gasteiger partial charge on any atom is -0.368 e. The van der Waals surface area contributed by atoms with Crippen LogP contribution in [0.1, 0.15) is 87.5 Å². The Morgan fingerprint density at radius 1 is 0.829 bits per heavy atom. The summed E-state index contributed by atoms with van der Waals surface area (Å²) in [4.78, 5) is 23.0. The molecule has 0 unspecified atom stereocenters. The van der Waals surface area contributed by atoms with Gasteiger partial charge < -0.3 is 9.80 Å². The Bertz CT molecular complexity index is 1220. The third-order valence-corrected chi connectivity index (χ3v) is 7.54. The molecule has 0 spiro atoms. The zero-order valence-corrected chi connectivity index (χ0v) is 22.2. The van der Waals surface area contributed by atoms with E-state index in [0.717, 1.165) is 48.3 Å². The maximum atomic E-state index is 13.7. The van der Waals surface area contributed by atoms with Crippen molar-refractivity contribution in [2.75, 3.05) is 31.1 Å². The topological polar surface area (TPSA) is 36.4 Å². The maximum absolute atomic E-state index is 13.7. The van der Waals surface area contributed by atoms with Crippen molar-refractivity contribution in [3.63, 3.8) is 0 Å². The van der Waals surface area contributed by atoms with Crippen LogP contribution in [0, 0.1) is 0 Å². The molecule has 1 amide bonds. The van der Waals surface area contributed by atoms with Crippen LogP contribution >= 0.6 is 0 Å². The van der Waals surface area contributed by atoms with E-state index in [4.69, 9.17) is 4.98 Å². The number of para-hydroxylation sites is 1. The molecule has 0 radical (unpaired) electrons. The van der Waals surface area contributed by atoms with Gasteiger partial charge in [-0.3, -0.25) is 9.78 Å². The Kier molecular flexibility index (Phi) is 5.89. The summed E-state index contributed by atoms with van der Waals surface area (Å²) < 4.78 is 0. The molecule has 2 heterocycles. The minimum atomic E-state index is 0.0927. The summed E-state index contributed by atoms with van der Waals surface area (Å²) in [7, 11) is 0. The Labute approximate surface area is 210 Å². The molecule has 4 nitrogen and oxygen atoms in total. The van der Waals surface area contributed by atoms with Gasteiger partial charge in [-0.1, -0.05) is 65.8 Å². The van der Waals surface area contributed by atoms with E-state index < -0.39 is 0 Å². The Morgan fingerprint density at radius 2 is 1.43 bits per heavy atom. The fourth-order valence-electron chi connectivity index (χ4n) is 4.96. The van der Waals surface area contributed by atoms with Crippen molar-refractivity contribution in [3.8, 4) is 0 Å². The monoisotopic (exact) mass is 469 g/mol. The van der Waals surface area contributed by atoms with Gasteiger partial charge in [0.1, 0.15) is 0 Å². The number of piperazine rings is 1. The lowest BCUT2D eigenvalue weighted by Crippen LogP contribution is -2.49. The smallest absolute Gasteiger partial charge is 0.254 e. The molecule has 2 fully saturated rings. The molecule has 1 saturated carbocycles. The van der Waals surface area contributed by atoms with Gasteiger partial charge in [0.05, 0.1) is 11.1 Å². The van der Waals surface area contributed by atoms with Crippen LogP contribution in [0.3, 0.4) is 0 Å². The summed E-state index contributed by atoms with van der Waals surface area (Å²) in [6.07, 6.45) is 2.36. The molecular weight excluding hydrogens is 430 g/mol. The van der Waals surface area contributed by atoms with Gasteiger partial charge in [-0.15, -0.1) is 0 Å². The highest BCUT2D eigenvalue weighted by Gasteiger charge is 2.30. The minimum absolute atomic E-state index is 0.0927. The summed E-state index contributed by atoms with van der Waals surface area (Å²) >= 11 is 0. The van der Waals surface area contributed by atoms with E-state index in [9.17, 15) is 4.79 Å². The number of aromatic nitrogens is 1. The van der Waals surface area contributed by atoms with Crippen LogP contribution in [0.4, 0.5) is 5.69 Å². The summed E-state index contributed by atoms with van der Waals surface area (Å²) in [5.41, 5.74) is 7.04. The predicted molar refractivity (Wildman–Crippen MR) is 146 cm³/mol. The maximum Gasteiger partial charge on any atom is 0.254 e. The molecule has 0 bridgehead atoms. The first-order valence-corrected chi connectivity index (χ1v) is 13.1. The van der Waals surface area contributed by atoms with Crippen LogP contribution in [0.2, 0.25) is 0 Å². The van der Waals surface area contributed by atoms with Crippen LogP contribution in [-0.2, 0) is 10.8 Å². The third-order valence-electron chi connectivity index (χ3n) is 7.54. The van der Waals surface area contributed by atoms with E-state index in [1.807, 2.05) is 29.2 Å². The number of amides is 1. The zero-order valence-electron chi connectivity index (χ0n) is 22.2. The van der Waals surface area contributed by atoms with E-state index in [2.05, 4.69) is 70.7 Å². The van der Waals surface area contributed by atoms with Gasteiger partial charge in [-0.2, -0.15) is 0 Å². The number of nitrogens with zero attached hydrogens (tertiary/aromatic N) is 3. The van der Waals surface area contributed by atoms with Gasteiger partial charge in [0.25, 0.3) is 5.91 Å². The number of pyridine rings is 1. The summed E-state index contributed by atoms with van der Waals surface area (Å²) in [5, 5.41) is 0.969. The number of hydrogen-bond donors (Lipinski definition) is 0. The first-order valence-electron chi connectivity index (χ1n) is 13.1. The normalized spacial score (nSPS) is 17.2. The van der Waals surface area contributed by atoms with Crippen LogP contribution in [0.5, 0.6) is 0 Å². The first-order chi connectivity index (χ1) is 16.5. The number of hydrogen-bond acceptors (Lipinski definition) is 3. The van der Waals surface area contributed by atoms with E-state index in [0.29, 0.717) is 5.92 Å². The largest absolute Gasteiger partial charge is 0.368 e. The number of anilines is 1. The molecule has 1 aliphatic heterocycles. The van der Waals surface area contributed by atoms with Gasteiger partial charge in [-0.05, 0) is 59.1 Å². The van der Waals surface area contributed by atoms with Crippen molar-refractivity contribution in [3.05, 3.63) is 70.9 Å². The first kappa shape index (κ1) is 23.8. The lowest BCUT2D eigenvalue weighted by Gasteiger charge is -2.37. The molecule has 3 aromatic rings. The SMILES string of the molecule is CC(C)(C)c1cc(N2CCN(C(=O)c3cc(C4CC4)nc4ccccc34)CC2)cc(C(C)(C)C)c1. The molecule has 2 aromatic carbocycles.